The maximum absolute atomic E-state index is 6.36. The van der Waals surface area contributed by atoms with Crippen LogP contribution in [-0.4, -0.2) is 33.6 Å². The zero-order valence-corrected chi connectivity index (χ0v) is 27.8. The number of pyridine rings is 1. The van der Waals surface area contributed by atoms with E-state index in [4.69, 9.17) is 19.3 Å². The van der Waals surface area contributed by atoms with E-state index in [0.29, 0.717) is 28.9 Å². The number of para-hydroxylation sites is 1. The van der Waals surface area contributed by atoms with Crippen LogP contribution in [0.5, 0.6) is 23.3 Å². The average molecular weight is 774 g/mol. The molecule has 0 aliphatic rings. The molecule has 0 bridgehead atoms. The monoisotopic (exact) mass is 773 g/mol. The first-order valence-electron chi connectivity index (χ1n) is 14.3. The Kier molecular flexibility index (Phi) is 8.22. The first-order chi connectivity index (χ1) is 21.5. The standard InChI is InChI=1S/C37H30N4O3.Pt/c1-23-18-19-38-33(20-23)40-31-15-7-6-14-29(31)30-17-16-28(22-32(30)40)44-27-13-9-12-26(21-27)41-37(43-5)35(36(39-41)42-4)34-24(2)10-8-11-25(34)3;/h6-20H,1-5H3;/q-2;+2. The van der Waals surface area contributed by atoms with Gasteiger partial charge in [-0.2, -0.15) is 12.1 Å². The molecule has 0 aliphatic heterocycles. The van der Waals surface area contributed by atoms with Crippen molar-refractivity contribution in [2.24, 2.45) is 0 Å². The molecule has 0 amide bonds. The summed E-state index contributed by atoms with van der Waals surface area (Å²) in [6.45, 7) is 6.21. The Balaban J connectivity index is 0.00000357. The zero-order valence-electron chi connectivity index (χ0n) is 25.5. The second-order valence-electron chi connectivity index (χ2n) is 10.7. The van der Waals surface area contributed by atoms with E-state index in [2.05, 4.69) is 78.9 Å². The van der Waals surface area contributed by atoms with Crippen molar-refractivity contribution in [1.29, 1.82) is 0 Å². The predicted octanol–water partition coefficient (Wildman–Crippen LogP) is 8.36. The summed E-state index contributed by atoms with van der Waals surface area (Å²) in [5.41, 5.74) is 7.75. The number of aromatic nitrogens is 4. The minimum Gasteiger partial charge on any atom is -0.509 e. The van der Waals surface area contributed by atoms with Crippen molar-refractivity contribution >= 4 is 21.8 Å². The number of aryl methyl sites for hydroxylation is 3. The third-order valence-electron chi connectivity index (χ3n) is 7.82. The molecule has 0 aliphatic carbocycles. The maximum Gasteiger partial charge on any atom is 2.00 e. The van der Waals surface area contributed by atoms with E-state index < -0.39 is 0 Å². The van der Waals surface area contributed by atoms with Crippen LogP contribution >= 0.6 is 0 Å². The predicted molar refractivity (Wildman–Crippen MR) is 173 cm³/mol. The Bertz CT molecular complexity index is 2160. The van der Waals surface area contributed by atoms with Gasteiger partial charge in [-0.05, 0) is 72.3 Å². The molecule has 0 N–H and O–H groups in total. The van der Waals surface area contributed by atoms with E-state index in [1.807, 2.05) is 54.7 Å². The summed E-state index contributed by atoms with van der Waals surface area (Å²) >= 11 is 0. The molecule has 226 valence electrons. The van der Waals surface area contributed by atoms with Crippen LogP contribution in [0.15, 0.2) is 91.1 Å². The number of fused-ring (bicyclic) bond motifs is 3. The Morgan fingerprint density at radius 1 is 0.711 bits per heavy atom. The molecule has 8 heteroatoms. The summed E-state index contributed by atoms with van der Waals surface area (Å²) in [4.78, 5) is 4.67. The van der Waals surface area contributed by atoms with Gasteiger partial charge in [-0.3, -0.25) is 0 Å². The van der Waals surface area contributed by atoms with Gasteiger partial charge in [0.2, 0.25) is 11.8 Å². The maximum atomic E-state index is 6.36. The third kappa shape index (κ3) is 5.27. The van der Waals surface area contributed by atoms with Crippen LogP contribution in [0.2, 0.25) is 0 Å². The molecule has 7 nitrogen and oxygen atoms in total. The number of benzene rings is 4. The van der Waals surface area contributed by atoms with Crippen molar-refractivity contribution in [1.82, 2.24) is 19.3 Å². The second-order valence-corrected chi connectivity index (χ2v) is 10.7. The summed E-state index contributed by atoms with van der Waals surface area (Å²) in [6.07, 6.45) is 1.83. The van der Waals surface area contributed by atoms with Crippen molar-refractivity contribution in [3.63, 3.8) is 0 Å². The van der Waals surface area contributed by atoms with Gasteiger partial charge in [0, 0.05) is 23.2 Å². The van der Waals surface area contributed by atoms with Crippen molar-refractivity contribution in [2.45, 2.75) is 20.8 Å². The van der Waals surface area contributed by atoms with Gasteiger partial charge in [0.25, 0.3) is 0 Å². The fraction of sp³-hybridized carbons (Fsp3) is 0.135. The van der Waals surface area contributed by atoms with Gasteiger partial charge in [0.1, 0.15) is 11.4 Å². The SMILES string of the molecule is COc1nn(-c2[c-]c(Oc3[c-]c4c(cc3)c3ccccc3n4-c3cc(C)ccn3)ccc2)c(OC)c1-c1c(C)cccc1C.[Pt+2]. The van der Waals surface area contributed by atoms with Gasteiger partial charge in [-0.25, -0.2) is 9.67 Å². The number of nitrogens with zero attached hydrogens (tertiary/aromatic N) is 4. The van der Waals surface area contributed by atoms with E-state index in [-0.39, 0.29) is 21.1 Å². The van der Waals surface area contributed by atoms with E-state index in [1.165, 1.54) is 0 Å². The van der Waals surface area contributed by atoms with E-state index in [1.54, 1.807) is 18.9 Å². The molecule has 0 atom stereocenters. The van der Waals surface area contributed by atoms with Crippen molar-refractivity contribution in [2.75, 3.05) is 14.2 Å². The van der Waals surface area contributed by atoms with Crippen LogP contribution in [0.3, 0.4) is 0 Å². The molecule has 4 aromatic carbocycles. The topological polar surface area (TPSA) is 63.3 Å². The smallest absolute Gasteiger partial charge is 0.509 e. The van der Waals surface area contributed by atoms with Crippen LogP contribution in [0.4, 0.5) is 0 Å². The summed E-state index contributed by atoms with van der Waals surface area (Å²) in [5.74, 6) is 2.92. The Morgan fingerprint density at radius 2 is 1.47 bits per heavy atom. The molecular formula is C37H30N4O3Pt. The van der Waals surface area contributed by atoms with E-state index in [0.717, 1.165) is 55.4 Å². The van der Waals surface area contributed by atoms with E-state index in [9.17, 15) is 0 Å². The van der Waals surface area contributed by atoms with Gasteiger partial charge in [-0.1, -0.05) is 41.9 Å². The van der Waals surface area contributed by atoms with Crippen LogP contribution in [-0.2, 0) is 21.1 Å². The molecule has 3 aromatic heterocycles. The quantitative estimate of drug-likeness (QED) is 0.153. The molecule has 0 radical (unpaired) electrons. The van der Waals surface area contributed by atoms with Crippen LogP contribution in [0.25, 0.3) is 44.4 Å². The molecule has 7 aromatic rings. The van der Waals surface area contributed by atoms with Crippen molar-refractivity contribution in [3.8, 4) is 45.9 Å². The first kappa shape index (κ1) is 30.2. The summed E-state index contributed by atoms with van der Waals surface area (Å²) in [7, 11) is 3.25. The van der Waals surface area contributed by atoms with Crippen LogP contribution < -0.4 is 14.2 Å². The molecule has 45 heavy (non-hydrogen) atoms. The number of hydrogen-bond acceptors (Lipinski definition) is 5. The van der Waals surface area contributed by atoms with Crippen LogP contribution in [0, 0.1) is 32.9 Å². The summed E-state index contributed by atoms with van der Waals surface area (Å²) in [5, 5.41) is 6.96. The van der Waals surface area contributed by atoms with Gasteiger partial charge in [0.15, 0.2) is 0 Å². The van der Waals surface area contributed by atoms with Crippen LogP contribution in [0.1, 0.15) is 16.7 Å². The molecule has 7 rings (SSSR count). The van der Waals surface area contributed by atoms with Gasteiger partial charge >= 0.3 is 21.1 Å². The number of rotatable bonds is 7. The van der Waals surface area contributed by atoms with Crippen molar-refractivity contribution in [3.05, 3.63) is 120 Å². The van der Waals surface area contributed by atoms with Gasteiger partial charge in [-0.15, -0.1) is 40.8 Å². The molecule has 0 unspecified atom stereocenters. The van der Waals surface area contributed by atoms with Gasteiger partial charge < -0.3 is 18.8 Å². The molecule has 0 saturated carbocycles. The van der Waals surface area contributed by atoms with Gasteiger partial charge in [0.05, 0.1) is 14.2 Å². The van der Waals surface area contributed by atoms with E-state index >= 15 is 0 Å². The first-order valence-corrected chi connectivity index (χ1v) is 14.3. The molecule has 0 saturated heterocycles. The second kappa shape index (κ2) is 12.3. The number of hydrogen-bond donors (Lipinski definition) is 0. The van der Waals surface area contributed by atoms with Crippen molar-refractivity contribution < 1.29 is 35.3 Å². The largest absolute Gasteiger partial charge is 2.00 e. The molecule has 0 fully saturated rings. The zero-order chi connectivity index (χ0) is 30.4. The minimum absolute atomic E-state index is 0. The Labute approximate surface area is 276 Å². The summed E-state index contributed by atoms with van der Waals surface area (Å²) < 4.78 is 21.8. The number of ether oxygens (including phenoxy) is 3. The molecular weight excluding hydrogens is 744 g/mol. The molecule has 0 spiro atoms. The third-order valence-corrected chi connectivity index (χ3v) is 7.82. The molecule has 3 heterocycles. The minimum atomic E-state index is 0. The fourth-order valence-corrected chi connectivity index (χ4v) is 5.85. The summed E-state index contributed by atoms with van der Waals surface area (Å²) in [6, 6.07) is 35.1. The average Bonchev–Trinajstić information content (AvgIpc) is 3.56. The Morgan fingerprint density at radius 3 is 2.22 bits per heavy atom. The fourth-order valence-electron chi connectivity index (χ4n) is 5.85. The normalized spacial score (nSPS) is 11.0. The Hall–Kier alpha value is -4.87. The number of methoxy groups -OCH3 is 2.